The van der Waals surface area contributed by atoms with Crippen molar-refractivity contribution in [3.05, 3.63) is 398 Å². The van der Waals surface area contributed by atoms with Crippen LogP contribution in [0.3, 0.4) is 0 Å². The van der Waals surface area contributed by atoms with Gasteiger partial charge in [-0.3, -0.25) is 0 Å². The van der Waals surface area contributed by atoms with Crippen molar-refractivity contribution in [3.8, 4) is 152 Å². The van der Waals surface area contributed by atoms with Crippen LogP contribution >= 0.6 is 0 Å². The van der Waals surface area contributed by atoms with Crippen LogP contribution in [0.1, 0.15) is 49.9 Å². The molecule has 0 aliphatic heterocycles. The maximum atomic E-state index is 12.8. The number of hydrogen-bond acceptors (Lipinski definition) is 11. The molecular formula is C105H76BF3N6O5S. The van der Waals surface area contributed by atoms with E-state index in [0.29, 0.717) is 51.2 Å². The van der Waals surface area contributed by atoms with Gasteiger partial charge >= 0.3 is 22.7 Å². The monoisotopic (exact) mass is 1600 g/mol. The molecule has 2 aliphatic carbocycles. The minimum absolute atomic E-state index is 0.0107. The van der Waals surface area contributed by atoms with Gasteiger partial charge in [-0.25, -0.2) is 29.9 Å². The highest BCUT2D eigenvalue weighted by molar-refractivity contribution is 7.88. The quantitative estimate of drug-likeness (QED) is 0.0606. The van der Waals surface area contributed by atoms with Gasteiger partial charge in [0.1, 0.15) is 5.75 Å². The highest BCUT2D eigenvalue weighted by atomic mass is 32.2. The Morgan fingerprint density at radius 1 is 0.264 bits per heavy atom. The molecule has 0 bridgehead atoms. The van der Waals surface area contributed by atoms with Crippen molar-refractivity contribution in [1.82, 2.24) is 29.9 Å². The molecule has 2 aliphatic rings. The molecule has 0 unspecified atom stereocenters. The molecule has 0 saturated carbocycles. The Hall–Kier alpha value is -14.4. The number of hydrogen-bond donors (Lipinski definition) is 2. The number of aromatic nitrogens is 6. The summed E-state index contributed by atoms with van der Waals surface area (Å²) in [5.41, 5.74) is 22.2. The summed E-state index contributed by atoms with van der Waals surface area (Å²) >= 11 is 0. The van der Waals surface area contributed by atoms with Gasteiger partial charge in [-0.05, 0) is 170 Å². The molecular weight excluding hydrogens is 1530 g/mol. The zero-order valence-electron chi connectivity index (χ0n) is 66.2. The second-order valence-electron chi connectivity index (χ2n) is 31.1. The fourth-order valence-electron chi connectivity index (χ4n) is 16.2. The van der Waals surface area contributed by atoms with Crippen LogP contribution in [-0.2, 0) is 20.9 Å². The first-order valence-corrected chi connectivity index (χ1v) is 41.1. The highest BCUT2D eigenvalue weighted by Gasteiger charge is 2.48. The third-order valence-electron chi connectivity index (χ3n) is 22.8. The third-order valence-corrected chi connectivity index (χ3v) is 23.7. The summed E-state index contributed by atoms with van der Waals surface area (Å²) in [6.07, 6.45) is 0. The van der Waals surface area contributed by atoms with Crippen LogP contribution in [0, 0.1) is 0 Å². The zero-order valence-corrected chi connectivity index (χ0v) is 67.0. The molecule has 20 rings (SSSR count). The molecule has 16 aromatic carbocycles. The van der Waals surface area contributed by atoms with Gasteiger partial charge in [0.15, 0.2) is 34.9 Å². The Bertz CT molecular complexity index is 6940. The van der Waals surface area contributed by atoms with E-state index in [1.165, 1.54) is 101 Å². The van der Waals surface area contributed by atoms with Crippen LogP contribution in [0.25, 0.3) is 168 Å². The fourth-order valence-corrected chi connectivity index (χ4v) is 16.7. The summed E-state index contributed by atoms with van der Waals surface area (Å²) in [5.74, 6) is 3.14. The summed E-state index contributed by atoms with van der Waals surface area (Å²) in [5, 5.41) is 22.1. The van der Waals surface area contributed by atoms with E-state index in [1.54, 1.807) is 24.3 Å². The molecule has 0 radical (unpaired) electrons. The Labute approximate surface area is 699 Å². The summed E-state index contributed by atoms with van der Waals surface area (Å²) < 4.78 is 65.5. The molecule has 0 amide bonds. The highest BCUT2D eigenvalue weighted by Crippen LogP contribution is 2.51. The number of fused-ring (bicyclic) bond motifs is 8. The van der Waals surface area contributed by atoms with Crippen molar-refractivity contribution in [3.63, 3.8) is 0 Å². The van der Waals surface area contributed by atoms with E-state index < -0.39 is 28.5 Å². The molecule has 0 atom stereocenters. The first-order chi connectivity index (χ1) is 58.6. The number of rotatable bonds is 14. The maximum Gasteiger partial charge on any atom is 0.534 e. The largest absolute Gasteiger partial charge is 0.534 e. The van der Waals surface area contributed by atoms with Gasteiger partial charge in [0.2, 0.25) is 0 Å². The molecule has 16 heteroatoms. The van der Waals surface area contributed by atoms with E-state index in [1.807, 2.05) is 164 Å². The molecule has 11 nitrogen and oxygen atoms in total. The first-order valence-electron chi connectivity index (χ1n) is 39.7. The molecule has 586 valence electrons. The summed E-state index contributed by atoms with van der Waals surface area (Å²) in [6, 6.07) is 126. The molecule has 18 aromatic rings. The first kappa shape index (κ1) is 77.8. The lowest BCUT2D eigenvalue weighted by Gasteiger charge is -2.22. The fraction of sp³-hybridized carbons (Fsp3) is 0.0667. The Morgan fingerprint density at radius 3 is 0.835 bits per heavy atom. The van der Waals surface area contributed by atoms with Gasteiger partial charge in [-0.2, -0.15) is 21.6 Å². The summed E-state index contributed by atoms with van der Waals surface area (Å²) in [4.78, 5) is 28.8. The SMILES string of the molecule is CC1(C)c2ccccc2-c2ccc(-c3ccc(-c4ccc5ccc(-c6ccc(-c7nc(-c8ccccc8)nc(-c8ccccc8)n7)cc6)cc5c4)cc3)cc21.CC1(C)c2ccccc2-c2ccc(-c3ccc(B(O)O)cc3)cc21.O=S(=O)(Oc1ccc2ccc(-c3ccc(-c4nc(-c5ccccc5)nc(-c5ccccc5)n4)cc3)cc2c1)C(F)(F)F. The topological polar surface area (TPSA) is 161 Å². The van der Waals surface area contributed by atoms with Crippen LogP contribution in [-0.4, -0.2) is 61.0 Å². The van der Waals surface area contributed by atoms with Crippen molar-refractivity contribution >= 4 is 44.2 Å². The molecule has 2 N–H and O–H groups in total. The minimum atomic E-state index is -5.77. The van der Waals surface area contributed by atoms with Crippen molar-refractivity contribution in [1.29, 1.82) is 0 Å². The predicted molar refractivity (Wildman–Crippen MR) is 481 cm³/mol. The Morgan fingerprint density at radius 2 is 0.512 bits per heavy atom. The third kappa shape index (κ3) is 15.8. The smallest absolute Gasteiger partial charge is 0.423 e. The predicted octanol–water partition coefficient (Wildman–Crippen LogP) is 24.6. The van der Waals surface area contributed by atoms with E-state index in [0.717, 1.165) is 61.2 Å². The number of benzene rings is 16. The van der Waals surface area contributed by atoms with E-state index in [4.69, 9.17) is 29.9 Å². The van der Waals surface area contributed by atoms with E-state index in [9.17, 15) is 31.6 Å². The number of alkyl halides is 3. The van der Waals surface area contributed by atoms with Gasteiger partial charge in [0.05, 0.1) is 0 Å². The van der Waals surface area contributed by atoms with Crippen LogP contribution in [0.15, 0.2) is 376 Å². The Balaban J connectivity index is 0.000000134. The molecule has 0 fully saturated rings. The normalized spacial score (nSPS) is 12.7. The minimum Gasteiger partial charge on any atom is -0.423 e. The second-order valence-corrected chi connectivity index (χ2v) is 32.7. The summed E-state index contributed by atoms with van der Waals surface area (Å²) in [6.45, 7) is 9.22. The Kier molecular flexibility index (Phi) is 20.7. The second kappa shape index (κ2) is 32.1. The van der Waals surface area contributed by atoms with E-state index in [-0.39, 0.29) is 10.8 Å². The maximum absolute atomic E-state index is 12.8. The number of halogens is 3. The lowest BCUT2D eigenvalue weighted by atomic mass is 9.79. The zero-order chi connectivity index (χ0) is 83.2. The van der Waals surface area contributed by atoms with Crippen molar-refractivity contribution in [2.24, 2.45) is 0 Å². The van der Waals surface area contributed by atoms with Crippen LogP contribution < -0.4 is 9.65 Å². The van der Waals surface area contributed by atoms with Crippen LogP contribution in [0.2, 0.25) is 0 Å². The van der Waals surface area contributed by atoms with Crippen molar-refractivity contribution in [2.75, 3.05) is 0 Å². The average Bonchev–Trinajstić information content (AvgIpc) is 1.58. The average molecular weight is 1600 g/mol. The van der Waals surface area contributed by atoms with Gasteiger partial charge in [0, 0.05) is 44.2 Å². The van der Waals surface area contributed by atoms with Gasteiger partial charge in [-0.15, -0.1) is 0 Å². The summed E-state index contributed by atoms with van der Waals surface area (Å²) in [7, 11) is -7.19. The van der Waals surface area contributed by atoms with Gasteiger partial charge < -0.3 is 14.2 Å². The van der Waals surface area contributed by atoms with Crippen LogP contribution in [0.4, 0.5) is 13.2 Å². The van der Waals surface area contributed by atoms with Gasteiger partial charge in [0.25, 0.3) is 0 Å². The molecule has 2 aromatic heterocycles. The van der Waals surface area contributed by atoms with E-state index >= 15 is 0 Å². The lowest BCUT2D eigenvalue weighted by molar-refractivity contribution is -0.0500. The standard InChI is InChI=1S/C52H37N3.C32H20F3N3O3S.C21H19BO2/c1-52(2)47-16-10-9-15-45(47)46-30-29-43(33-48(46)52)36-19-17-34(18-20-36)41-27-23-37-24-28-42(32-44(37)31-41)35-21-25-40(26-22-35)51-54-49(38-11-5-3-6-12-38)53-50(55-51)39-13-7-4-8-14-39;33-32(34,35)42(39,40)41-28-18-17-22-13-16-26(19-27(22)20-28)21-11-14-25(15-12-21)31-37-29(23-7-3-1-4-8-23)36-30(38-31)24-9-5-2-6-10-24;1-21(2)19-6-4-3-5-17(19)18-12-9-15(13-20(18)21)14-7-10-16(11-8-14)22(23)24/h3-33H,1-2H3;1-20H;3-13,23-24H,1-2H3. The molecule has 2 heterocycles. The number of nitrogens with zero attached hydrogens (tertiary/aromatic N) is 6. The van der Waals surface area contributed by atoms with Crippen LogP contribution in [0.5, 0.6) is 5.75 Å². The molecule has 0 spiro atoms. The van der Waals surface area contributed by atoms with Gasteiger partial charge in [-0.1, -0.05) is 361 Å². The van der Waals surface area contributed by atoms with Crippen molar-refractivity contribution in [2.45, 2.75) is 44.0 Å². The molecule has 121 heavy (non-hydrogen) atoms. The van der Waals surface area contributed by atoms with Crippen molar-refractivity contribution < 1.29 is 35.8 Å². The lowest BCUT2D eigenvalue weighted by Crippen LogP contribution is -2.29. The van der Waals surface area contributed by atoms with E-state index in [2.05, 4.69) is 202 Å². The molecule has 0 saturated heterocycles.